The summed E-state index contributed by atoms with van der Waals surface area (Å²) in [6, 6.07) is 7.26. The van der Waals surface area contributed by atoms with E-state index in [9.17, 15) is 14.9 Å². The lowest BCUT2D eigenvalue weighted by atomic mass is 10.2. The molecule has 0 aliphatic heterocycles. The van der Waals surface area contributed by atoms with Crippen LogP contribution in [0.3, 0.4) is 0 Å². The predicted molar refractivity (Wildman–Crippen MR) is 83.7 cm³/mol. The summed E-state index contributed by atoms with van der Waals surface area (Å²) in [4.78, 5) is 22.1. The van der Waals surface area contributed by atoms with Gasteiger partial charge in [-0.05, 0) is 32.0 Å². The maximum absolute atomic E-state index is 12.0. The fourth-order valence-corrected chi connectivity index (χ4v) is 2.19. The molecule has 9 heteroatoms. The van der Waals surface area contributed by atoms with Crippen molar-refractivity contribution in [3.05, 3.63) is 63.4 Å². The maximum Gasteiger partial charge on any atom is 0.342 e. The number of rotatable bonds is 5. The highest BCUT2D eigenvalue weighted by atomic mass is 16.6. The van der Waals surface area contributed by atoms with Crippen LogP contribution >= 0.6 is 0 Å². The number of furan rings is 1. The Morgan fingerprint density at radius 2 is 1.92 bits per heavy atom. The van der Waals surface area contributed by atoms with Gasteiger partial charge in [0, 0.05) is 17.7 Å². The number of nitrogens with zero attached hydrogens (tertiary/aromatic N) is 3. The van der Waals surface area contributed by atoms with Crippen molar-refractivity contribution in [1.82, 2.24) is 10.2 Å². The number of benzene rings is 1. The number of esters is 1. The topological polar surface area (TPSA) is 122 Å². The minimum atomic E-state index is -0.551. The summed E-state index contributed by atoms with van der Waals surface area (Å²) in [6.07, 6.45) is 0. The molecule has 0 amide bonds. The van der Waals surface area contributed by atoms with E-state index in [4.69, 9.17) is 13.6 Å². The summed E-state index contributed by atoms with van der Waals surface area (Å²) in [6.45, 7) is 3.21. The van der Waals surface area contributed by atoms with E-state index >= 15 is 0 Å². The Labute approximate surface area is 141 Å². The second-order valence-electron chi connectivity index (χ2n) is 5.21. The van der Waals surface area contributed by atoms with Gasteiger partial charge in [-0.15, -0.1) is 10.2 Å². The summed E-state index contributed by atoms with van der Waals surface area (Å²) in [5.41, 5.74) is 0.827. The number of non-ortho nitro benzene ring substituents is 1. The smallest absolute Gasteiger partial charge is 0.342 e. The average molecular weight is 343 g/mol. The number of nitro benzene ring substituents is 1. The van der Waals surface area contributed by atoms with Gasteiger partial charge in [0.25, 0.3) is 11.6 Å². The summed E-state index contributed by atoms with van der Waals surface area (Å²) >= 11 is 0. The predicted octanol–water partition coefficient (Wildman–Crippen LogP) is 3.21. The largest absolute Gasteiger partial charge is 0.466 e. The molecule has 0 fully saturated rings. The Hall–Kier alpha value is -3.49. The monoisotopic (exact) mass is 343 g/mol. The van der Waals surface area contributed by atoms with Crippen molar-refractivity contribution < 1.29 is 23.3 Å². The fraction of sp³-hybridized carbons (Fsp3) is 0.188. The molecule has 0 N–H and O–H groups in total. The molecular weight excluding hydrogens is 330 g/mol. The zero-order valence-electron chi connectivity index (χ0n) is 13.4. The third-order valence-corrected chi connectivity index (χ3v) is 3.38. The van der Waals surface area contributed by atoms with E-state index in [2.05, 4.69) is 10.2 Å². The van der Waals surface area contributed by atoms with Gasteiger partial charge in [0.1, 0.15) is 17.1 Å². The van der Waals surface area contributed by atoms with Crippen molar-refractivity contribution in [2.75, 3.05) is 0 Å². The van der Waals surface area contributed by atoms with Gasteiger partial charge in [-0.3, -0.25) is 10.1 Å². The van der Waals surface area contributed by atoms with Gasteiger partial charge in [-0.1, -0.05) is 0 Å². The van der Waals surface area contributed by atoms with Crippen LogP contribution in [-0.2, 0) is 11.3 Å². The van der Waals surface area contributed by atoms with Crippen LogP contribution in [0.25, 0.3) is 11.5 Å². The molecule has 0 atom stereocenters. The fourth-order valence-electron chi connectivity index (χ4n) is 2.19. The molecule has 0 radical (unpaired) electrons. The lowest BCUT2D eigenvalue weighted by molar-refractivity contribution is -0.384. The van der Waals surface area contributed by atoms with Gasteiger partial charge >= 0.3 is 5.97 Å². The highest BCUT2D eigenvalue weighted by Gasteiger charge is 2.17. The molecule has 0 bridgehead atoms. The van der Waals surface area contributed by atoms with Crippen LogP contribution < -0.4 is 0 Å². The van der Waals surface area contributed by atoms with E-state index in [-0.39, 0.29) is 24.1 Å². The van der Waals surface area contributed by atoms with Crippen molar-refractivity contribution in [2.45, 2.75) is 20.5 Å². The minimum Gasteiger partial charge on any atom is -0.466 e. The van der Waals surface area contributed by atoms with Crippen LogP contribution in [0, 0.1) is 24.0 Å². The lowest BCUT2D eigenvalue weighted by Crippen LogP contribution is -2.05. The molecule has 0 aliphatic carbocycles. The van der Waals surface area contributed by atoms with E-state index in [0.717, 1.165) is 0 Å². The van der Waals surface area contributed by atoms with Crippen molar-refractivity contribution in [3.63, 3.8) is 0 Å². The Bertz CT molecular complexity index is 926. The van der Waals surface area contributed by atoms with Crippen LogP contribution in [0.2, 0.25) is 0 Å². The van der Waals surface area contributed by atoms with Gasteiger partial charge in [-0.2, -0.15) is 0 Å². The Balaban J connectivity index is 1.66. The molecule has 2 aromatic heterocycles. The molecule has 128 valence electrons. The lowest BCUT2D eigenvalue weighted by Gasteiger charge is -2.00. The normalized spacial score (nSPS) is 10.6. The minimum absolute atomic E-state index is 0.0387. The molecule has 9 nitrogen and oxygen atoms in total. The van der Waals surface area contributed by atoms with Crippen LogP contribution in [0.1, 0.15) is 27.8 Å². The molecule has 0 aliphatic rings. The molecule has 0 unspecified atom stereocenters. The van der Waals surface area contributed by atoms with Crippen molar-refractivity contribution in [2.24, 2.45) is 0 Å². The second kappa shape index (κ2) is 6.56. The van der Waals surface area contributed by atoms with E-state index in [1.165, 1.54) is 24.3 Å². The Morgan fingerprint density at radius 3 is 2.52 bits per heavy atom. The van der Waals surface area contributed by atoms with Gasteiger partial charge in [-0.25, -0.2) is 4.79 Å². The van der Waals surface area contributed by atoms with Crippen molar-refractivity contribution in [1.29, 1.82) is 0 Å². The van der Waals surface area contributed by atoms with Crippen LogP contribution in [-0.4, -0.2) is 21.1 Å². The summed E-state index contributed by atoms with van der Waals surface area (Å²) < 4.78 is 15.8. The Morgan fingerprint density at radius 1 is 1.20 bits per heavy atom. The first kappa shape index (κ1) is 16.4. The van der Waals surface area contributed by atoms with Gasteiger partial charge in [0.05, 0.1) is 4.92 Å². The summed E-state index contributed by atoms with van der Waals surface area (Å²) in [5.74, 6) is 0.822. The SMILES string of the molecule is Cc1cc(C(=O)OCc2nnc(-c3ccc([N+](=O)[O-])cc3)o2)c(C)o1. The molecule has 0 saturated heterocycles. The summed E-state index contributed by atoms with van der Waals surface area (Å²) in [7, 11) is 0. The molecule has 3 aromatic rings. The van der Waals surface area contributed by atoms with E-state index in [1.54, 1.807) is 19.9 Å². The van der Waals surface area contributed by atoms with Gasteiger partial charge < -0.3 is 13.6 Å². The number of aromatic nitrogens is 2. The number of hydrogen-bond acceptors (Lipinski definition) is 8. The molecule has 25 heavy (non-hydrogen) atoms. The van der Waals surface area contributed by atoms with Crippen molar-refractivity contribution in [3.8, 4) is 11.5 Å². The third-order valence-electron chi connectivity index (χ3n) is 3.38. The number of hydrogen-bond donors (Lipinski definition) is 0. The van der Waals surface area contributed by atoms with Gasteiger partial charge in [0.2, 0.25) is 5.89 Å². The highest BCUT2D eigenvalue weighted by Crippen LogP contribution is 2.22. The quantitative estimate of drug-likeness (QED) is 0.393. The third kappa shape index (κ3) is 3.55. The van der Waals surface area contributed by atoms with Crippen LogP contribution in [0.4, 0.5) is 5.69 Å². The molecule has 2 heterocycles. The van der Waals surface area contributed by atoms with Crippen molar-refractivity contribution >= 4 is 11.7 Å². The van der Waals surface area contributed by atoms with E-state index in [0.29, 0.717) is 22.6 Å². The van der Waals surface area contributed by atoms with Crippen LogP contribution in [0.15, 0.2) is 39.2 Å². The first-order valence-corrected chi connectivity index (χ1v) is 7.25. The zero-order chi connectivity index (χ0) is 18.0. The van der Waals surface area contributed by atoms with E-state index < -0.39 is 10.9 Å². The zero-order valence-corrected chi connectivity index (χ0v) is 13.4. The number of carbonyl (C=O) groups excluding carboxylic acids is 1. The molecule has 1 aromatic carbocycles. The Kier molecular flexibility index (Phi) is 4.29. The summed E-state index contributed by atoms with van der Waals surface area (Å²) in [5, 5.41) is 18.3. The van der Waals surface area contributed by atoms with Gasteiger partial charge in [0.15, 0.2) is 6.61 Å². The number of carbonyl (C=O) groups is 1. The number of ether oxygens (including phenoxy) is 1. The number of nitro groups is 1. The van der Waals surface area contributed by atoms with E-state index in [1.807, 2.05) is 0 Å². The molecule has 3 rings (SSSR count). The standard InChI is InChI=1S/C16H13N3O6/c1-9-7-13(10(2)24-9)16(20)23-8-14-17-18-15(25-14)11-3-5-12(6-4-11)19(21)22/h3-7H,8H2,1-2H3. The number of aryl methyl sites for hydroxylation is 2. The highest BCUT2D eigenvalue weighted by molar-refractivity contribution is 5.90. The first-order valence-electron chi connectivity index (χ1n) is 7.25. The molecule has 0 spiro atoms. The van der Waals surface area contributed by atoms with Crippen LogP contribution in [0.5, 0.6) is 0 Å². The molecular formula is C16H13N3O6. The maximum atomic E-state index is 12.0. The first-order chi connectivity index (χ1) is 11.9. The molecule has 0 saturated carbocycles. The average Bonchev–Trinajstić information content (AvgIpc) is 3.19. The second-order valence-corrected chi connectivity index (χ2v) is 5.21.